The normalized spacial score (nSPS) is 10.4. The molecule has 3 N–H and O–H groups in total. The van der Waals surface area contributed by atoms with Crippen molar-refractivity contribution in [1.82, 2.24) is 9.78 Å². The quantitative estimate of drug-likeness (QED) is 0.648. The minimum absolute atomic E-state index is 0.0783. The zero-order valence-corrected chi connectivity index (χ0v) is 14.2. The number of fused-ring (bicyclic) bond motifs is 1. The van der Waals surface area contributed by atoms with Crippen LogP contribution in [0, 0.1) is 0 Å². The fourth-order valence-corrected chi connectivity index (χ4v) is 2.37. The van der Waals surface area contributed by atoms with Crippen LogP contribution in [0.2, 0.25) is 5.02 Å². The maximum absolute atomic E-state index is 11.2. The Hall–Kier alpha value is -2.41. The summed E-state index contributed by atoms with van der Waals surface area (Å²) in [5.74, 6) is -1.02. The maximum Gasteiger partial charge on any atom is 0.357 e. The number of halogens is 1. The number of hydrogen-bond acceptors (Lipinski definition) is 4. The van der Waals surface area contributed by atoms with Crippen LogP contribution in [-0.2, 0) is 6.54 Å². The molecule has 0 atom stereocenters. The Labute approximate surface area is 149 Å². The number of nitrogens with zero attached hydrogens (tertiary/aromatic N) is 2. The molecule has 1 aromatic heterocycles. The number of carboxylic acid groups (broad SMARTS) is 1. The van der Waals surface area contributed by atoms with Crippen molar-refractivity contribution < 1.29 is 20.1 Å². The number of carbonyl (C=O) groups is 1. The van der Waals surface area contributed by atoms with E-state index >= 15 is 0 Å². The number of aromatic nitrogens is 2. The predicted molar refractivity (Wildman–Crippen MR) is 96.0 cm³/mol. The first-order chi connectivity index (χ1) is 12.1. The lowest BCUT2D eigenvalue weighted by Gasteiger charge is -2.03. The van der Waals surface area contributed by atoms with Crippen molar-refractivity contribution in [3.05, 3.63) is 64.8 Å². The van der Waals surface area contributed by atoms with Crippen LogP contribution in [-0.4, -0.2) is 44.3 Å². The SMILES string of the molecule is O=C(O)c1nn(Cc2ccc(Cl)cc2)c2ccccc12.OCCCO. The Morgan fingerprint density at radius 3 is 2.24 bits per heavy atom. The summed E-state index contributed by atoms with van der Waals surface area (Å²) in [6.07, 6.45) is 0.500. The second-order valence-corrected chi connectivity index (χ2v) is 5.69. The largest absolute Gasteiger partial charge is 0.476 e. The lowest BCUT2D eigenvalue weighted by molar-refractivity contribution is 0.0691. The van der Waals surface area contributed by atoms with E-state index in [-0.39, 0.29) is 18.9 Å². The molecule has 0 aliphatic rings. The van der Waals surface area contributed by atoms with Crippen LogP contribution in [0.4, 0.5) is 0 Å². The lowest BCUT2D eigenvalue weighted by atomic mass is 10.2. The van der Waals surface area contributed by atoms with E-state index in [1.807, 2.05) is 30.3 Å². The number of para-hydroxylation sites is 1. The smallest absolute Gasteiger partial charge is 0.357 e. The highest BCUT2D eigenvalue weighted by Gasteiger charge is 2.15. The highest BCUT2D eigenvalue weighted by Crippen LogP contribution is 2.20. The Morgan fingerprint density at radius 2 is 1.68 bits per heavy atom. The molecule has 0 saturated heterocycles. The Kier molecular flexibility index (Phi) is 6.94. The third-order valence-electron chi connectivity index (χ3n) is 3.42. The van der Waals surface area contributed by atoms with Gasteiger partial charge in [0, 0.05) is 23.6 Å². The first-order valence-corrected chi connectivity index (χ1v) is 8.09. The number of benzene rings is 2. The average molecular weight is 363 g/mol. The minimum Gasteiger partial charge on any atom is -0.476 e. The fourth-order valence-electron chi connectivity index (χ4n) is 2.24. The van der Waals surface area contributed by atoms with E-state index in [2.05, 4.69) is 5.10 Å². The number of rotatable bonds is 5. The molecule has 1 heterocycles. The van der Waals surface area contributed by atoms with Crippen LogP contribution in [0.3, 0.4) is 0 Å². The fraction of sp³-hybridized carbons (Fsp3) is 0.222. The molecule has 7 heteroatoms. The zero-order chi connectivity index (χ0) is 18.2. The van der Waals surface area contributed by atoms with Gasteiger partial charge in [-0.1, -0.05) is 41.9 Å². The number of aliphatic hydroxyl groups excluding tert-OH is 2. The molecule has 3 aromatic rings. The van der Waals surface area contributed by atoms with Crippen LogP contribution < -0.4 is 0 Å². The topological polar surface area (TPSA) is 95.6 Å². The van der Waals surface area contributed by atoms with Gasteiger partial charge in [0.2, 0.25) is 0 Å². The van der Waals surface area contributed by atoms with Crippen LogP contribution in [0.25, 0.3) is 10.9 Å². The highest BCUT2D eigenvalue weighted by molar-refractivity contribution is 6.30. The summed E-state index contributed by atoms with van der Waals surface area (Å²) < 4.78 is 1.70. The average Bonchev–Trinajstić information content (AvgIpc) is 2.97. The van der Waals surface area contributed by atoms with Crippen molar-refractivity contribution in [2.45, 2.75) is 13.0 Å². The molecule has 0 fully saturated rings. The van der Waals surface area contributed by atoms with Gasteiger partial charge in [-0.2, -0.15) is 5.10 Å². The minimum atomic E-state index is -1.02. The van der Waals surface area contributed by atoms with E-state index in [1.165, 1.54) is 0 Å². The monoisotopic (exact) mass is 362 g/mol. The Bertz CT molecular complexity index is 829. The molecule has 0 spiro atoms. The van der Waals surface area contributed by atoms with Crippen molar-refractivity contribution in [3.63, 3.8) is 0 Å². The van der Waals surface area contributed by atoms with Crippen LogP contribution >= 0.6 is 11.6 Å². The van der Waals surface area contributed by atoms with E-state index < -0.39 is 5.97 Å². The second-order valence-electron chi connectivity index (χ2n) is 5.26. The molecule has 0 amide bonds. The second kappa shape index (κ2) is 9.17. The molecule has 6 nitrogen and oxygen atoms in total. The highest BCUT2D eigenvalue weighted by atomic mass is 35.5. The van der Waals surface area contributed by atoms with Crippen LogP contribution in [0.5, 0.6) is 0 Å². The zero-order valence-electron chi connectivity index (χ0n) is 13.5. The molecule has 2 aromatic carbocycles. The summed E-state index contributed by atoms with van der Waals surface area (Å²) in [4.78, 5) is 11.2. The van der Waals surface area contributed by atoms with Gasteiger partial charge in [0.1, 0.15) is 0 Å². The Morgan fingerprint density at radius 1 is 1.04 bits per heavy atom. The summed E-state index contributed by atoms with van der Waals surface area (Å²) >= 11 is 5.86. The summed E-state index contributed by atoms with van der Waals surface area (Å²) in [6, 6.07) is 14.7. The van der Waals surface area contributed by atoms with Crippen molar-refractivity contribution in [3.8, 4) is 0 Å². The van der Waals surface area contributed by atoms with Gasteiger partial charge in [-0.3, -0.25) is 4.68 Å². The molecular formula is C18H19ClN2O4. The lowest BCUT2D eigenvalue weighted by Crippen LogP contribution is -2.04. The van der Waals surface area contributed by atoms with E-state index in [1.54, 1.807) is 22.9 Å². The van der Waals surface area contributed by atoms with Crippen molar-refractivity contribution in [2.24, 2.45) is 0 Å². The number of carboxylic acids is 1. The van der Waals surface area contributed by atoms with Gasteiger partial charge in [0.05, 0.1) is 12.1 Å². The van der Waals surface area contributed by atoms with Gasteiger partial charge in [-0.15, -0.1) is 0 Å². The molecule has 0 bridgehead atoms. The maximum atomic E-state index is 11.2. The molecule has 132 valence electrons. The molecular weight excluding hydrogens is 344 g/mol. The van der Waals surface area contributed by atoms with Crippen LogP contribution in [0.1, 0.15) is 22.5 Å². The summed E-state index contributed by atoms with van der Waals surface area (Å²) in [5, 5.41) is 30.5. The molecule has 25 heavy (non-hydrogen) atoms. The van der Waals surface area contributed by atoms with E-state index in [0.29, 0.717) is 23.4 Å². The van der Waals surface area contributed by atoms with Gasteiger partial charge >= 0.3 is 5.97 Å². The first kappa shape index (κ1) is 18.9. The standard InChI is InChI=1S/C15H11ClN2O2.C3H8O2/c16-11-7-5-10(6-8-11)9-18-13-4-2-1-3-12(13)14(17-18)15(19)20;4-2-1-3-5/h1-8H,9H2,(H,19,20);4-5H,1-3H2. The summed E-state index contributed by atoms with van der Waals surface area (Å²) in [6.45, 7) is 0.692. The third-order valence-corrected chi connectivity index (χ3v) is 3.67. The van der Waals surface area contributed by atoms with Crippen molar-refractivity contribution >= 4 is 28.5 Å². The molecule has 0 saturated carbocycles. The molecule has 0 unspecified atom stereocenters. The summed E-state index contributed by atoms with van der Waals surface area (Å²) in [5.41, 5.74) is 1.90. The van der Waals surface area contributed by atoms with Gasteiger partial charge in [0.15, 0.2) is 5.69 Å². The molecule has 3 rings (SSSR count). The Balaban J connectivity index is 0.000000399. The molecule has 0 aliphatic carbocycles. The van der Waals surface area contributed by atoms with Crippen LogP contribution in [0.15, 0.2) is 48.5 Å². The van der Waals surface area contributed by atoms with E-state index in [0.717, 1.165) is 11.1 Å². The van der Waals surface area contributed by atoms with E-state index in [4.69, 9.17) is 21.8 Å². The third kappa shape index (κ3) is 5.03. The van der Waals surface area contributed by atoms with Crippen molar-refractivity contribution in [2.75, 3.05) is 13.2 Å². The molecule has 0 aliphatic heterocycles. The number of aliphatic hydroxyl groups is 2. The predicted octanol–water partition coefficient (Wildman–Crippen LogP) is 2.80. The van der Waals surface area contributed by atoms with Gasteiger partial charge < -0.3 is 15.3 Å². The summed E-state index contributed by atoms with van der Waals surface area (Å²) in [7, 11) is 0. The molecule has 0 radical (unpaired) electrons. The van der Waals surface area contributed by atoms with Gasteiger partial charge in [-0.05, 0) is 30.2 Å². The number of hydrogen-bond donors (Lipinski definition) is 3. The first-order valence-electron chi connectivity index (χ1n) is 7.71. The van der Waals surface area contributed by atoms with Gasteiger partial charge in [0.25, 0.3) is 0 Å². The van der Waals surface area contributed by atoms with E-state index in [9.17, 15) is 9.90 Å². The van der Waals surface area contributed by atoms with Gasteiger partial charge in [-0.25, -0.2) is 4.79 Å². The number of aromatic carboxylic acids is 1. The van der Waals surface area contributed by atoms with Crippen molar-refractivity contribution in [1.29, 1.82) is 0 Å².